The zero-order valence-corrected chi connectivity index (χ0v) is 11.1. The van der Waals surface area contributed by atoms with E-state index in [4.69, 9.17) is 0 Å². The zero-order valence-electron chi connectivity index (χ0n) is 11.1. The summed E-state index contributed by atoms with van der Waals surface area (Å²) >= 11 is 0. The summed E-state index contributed by atoms with van der Waals surface area (Å²) < 4.78 is 2.09. The molecule has 1 N–H and O–H groups in total. The molecule has 0 saturated heterocycles. The summed E-state index contributed by atoms with van der Waals surface area (Å²) in [5.41, 5.74) is 1.35. The third-order valence-corrected chi connectivity index (χ3v) is 2.85. The van der Waals surface area contributed by atoms with E-state index in [1.54, 1.807) is 0 Å². The molecule has 17 heavy (non-hydrogen) atoms. The number of aromatic nitrogens is 2. The van der Waals surface area contributed by atoms with E-state index in [1.165, 1.54) is 10.9 Å². The van der Waals surface area contributed by atoms with Crippen LogP contribution in [0.3, 0.4) is 0 Å². The van der Waals surface area contributed by atoms with Crippen molar-refractivity contribution in [2.45, 2.75) is 39.3 Å². The summed E-state index contributed by atoms with van der Waals surface area (Å²) in [4.78, 5) is 0. The largest absolute Gasteiger partial charge is 0.310 e. The van der Waals surface area contributed by atoms with Gasteiger partial charge in [-0.05, 0) is 33.8 Å². The fraction of sp³-hybridized carbons (Fsp3) is 0.500. The normalized spacial score (nSPS) is 14.1. The first-order chi connectivity index (χ1) is 7.97. The Kier molecular flexibility index (Phi) is 3.20. The average Bonchev–Trinajstić information content (AvgIpc) is 2.68. The van der Waals surface area contributed by atoms with Gasteiger partial charge in [-0.15, -0.1) is 0 Å². The number of fused-ring (bicyclic) bond motifs is 1. The van der Waals surface area contributed by atoms with E-state index in [1.807, 2.05) is 12.3 Å². The third kappa shape index (κ3) is 2.86. The molecule has 0 saturated carbocycles. The van der Waals surface area contributed by atoms with E-state index >= 15 is 0 Å². The minimum absolute atomic E-state index is 0.150. The van der Waals surface area contributed by atoms with Gasteiger partial charge in [0.15, 0.2) is 0 Å². The maximum Gasteiger partial charge on any atom is 0.0686 e. The lowest BCUT2D eigenvalue weighted by Gasteiger charge is -2.24. The van der Waals surface area contributed by atoms with E-state index in [-0.39, 0.29) is 5.54 Å². The van der Waals surface area contributed by atoms with E-state index in [2.05, 4.69) is 61.0 Å². The summed E-state index contributed by atoms with van der Waals surface area (Å²) in [6, 6.07) is 8.68. The molecule has 1 heterocycles. The van der Waals surface area contributed by atoms with Gasteiger partial charge in [0, 0.05) is 17.5 Å². The van der Waals surface area contributed by atoms with Crippen LogP contribution in [0.2, 0.25) is 0 Å². The summed E-state index contributed by atoms with van der Waals surface area (Å²) in [5, 5.41) is 9.19. The van der Waals surface area contributed by atoms with Crippen LogP contribution >= 0.6 is 0 Å². The monoisotopic (exact) mass is 231 g/mol. The lowest BCUT2D eigenvalue weighted by Crippen LogP contribution is -2.39. The maximum atomic E-state index is 4.47. The van der Waals surface area contributed by atoms with Gasteiger partial charge in [0.05, 0.1) is 17.8 Å². The molecule has 2 aromatic rings. The molecule has 2 rings (SSSR count). The molecule has 1 aromatic heterocycles. The van der Waals surface area contributed by atoms with E-state index < -0.39 is 0 Å². The van der Waals surface area contributed by atoms with E-state index in [0.717, 1.165) is 6.54 Å². The highest BCUT2D eigenvalue weighted by atomic mass is 15.3. The van der Waals surface area contributed by atoms with Crippen molar-refractivity contribution in [1.82, 2.24) is 15.1 Å². The number of rotatable bonds is 3. The van der Waals surface area contributed by atoms with Crippen molar-refractivity contribution >= 4 is 10.9 Å². The van der Waals surface area contributed by atoms with Gasteiger partial charge in [0.25, 0.3) is 0 Å². The fourth-order valence-corrected chi connectivity index (χ4v) is 1.88. The summed E-state index contributed by atoms with van der Waals surface area (Å²) in [5.74, 6) is 0. The number of para-hydroxylation sites is 1. The van der Waals surface area contributed by atoms with E-state index in [0.29, 0.717) is 6.04 Å². The smallest absolute Gasteiger partial charge is 0.0686 e. The predicted molar refractivity (Wildman–Crippen MR) is 72.2 cm³/mol. The van der Waals surface area contributed by atoms with Gasteiger partial charge < -0.3 is 5.32 Å². The van der Waals surface area contributed by atoms with Crippen molar-refractivity contribution < 1.29 is 0 Å². The van der Waals surface area contributed by atoms with Crippen molar-refractivity contribution in [3.05, 3.63) is 30.5 Å². The SMILES string of the molecule is CC(CNC(C)(C)C)n1ncc2ccccc21. The van der Waals surface area contributed by atoms with Crippen LogP contribution < -0.4 is 5.32 Å². The highest BCUT2D eigenvalue weighted by Crippen LogP contribution is 2.17. The minimum Gasteiger partial charge on any atom is -0.310 e. The molecule has 0 bridgehead atoms. The minimum atomic E-state index is 0.150. The average molecular weight is 231 g/mol. The molecule has 1 aromatic carbocycles. The molecule has 0 amide bonds. The molecule has 3 heteroatoms. The fourth-order valence-electron chi connectivity index (χ4n) is 1.88. The molecular formula is C14H21N3. The maximum absolute atomic E-state index is 4.47. The first-order valence-corrected chi connectivity index (χ1v) is 6.15. The van der Waals surface area contributed by atoms with Gasteiger partial charge in [-0.2, -0.15) is 5.10 Å². The van der Waals surface area contributed by atoms with Crippen molar-refractivity contribution in [2.75, 3.05) is 6.54 Å². The molecule has 0 aliphatic heterocycles. The van der Waals surface area contributed by atoms with Crippen LogP contribution in [-0.4, -0.2) is 21.9 Å². The molecule has 0 spiro atoms. The predicted octanol–water partition coefficient (Wildman–Crippen LogP) is 2.99. The Labute approximate surface area is 103 Å². The second-order valence-electron chi connectivity index (χ2n) is 5.63. The summed E-state index contributed by atoms with van der Waals surface area (Å²) in [7, 11) is 0. The Morgan fingerprint density at radius 3 is 2.71 bits per heavy atom. The van der Waals surface area contributed by atoms with Crippen LogP contribution in [0.5, 0.6) is 0 Å². The van der Waals surface area contributed by atoms with Crippen LogP contribution in [0.1, 0.15) is 33.7 Å². The van der Waals surface area contributed by atoms with E-state index in [9.17, 15) is 0 Å². The molecule has 92 valence electrons. The summed E-state index contributed by atoms with van der Waals surface area (Å²) in [6.07, 6.45) is 1.93. The lowest BCUT2D eigenvalue weighted by molar-refractivity contribution is 0.370. The van der Waals surface area contributed by atoms with Gasteiger partial charge in [-0.1, -0.05) is 18.2 Å². The van der Waals surface area contributed by atoms with Gasteiger partial charge >= 0.3 is 0 Å². The molecule has 0 radical (unpaired) electrons. The molecule has 0 aliphatic carbocycles. The van der Waals surface area contributed by atoms with Crippen LogP contribution in [0.4, 0.5) is 0 Å². The highest BCUT2D eigenvalue weighted by Gasteiger charge is 2.13. The standard InChI is InChI=1S/C14H21N3/c1-11(9-15-14(2,3)4)17-13-8-6-5-7-12(13)10-16-17/h5-8,10-11,15H,9H2,1-4H3. The first-order valence-electron chi connectivity index (χ1n) is 6.15. The number of hydrogen-bond acceptors (Lipinski definition) is 2. The molecule has 3 nitrogen and oxygen atoms in total. The van der Waals surface area contributed by atoms with Crippen molar-refractivity contribution in [3.63, 3.8) is 0 Å². The Morgan fingerprint density at radius 2 is 2.00 bits per heavy atom. The molecule has 1 atom stereocenters. The van der Waals surface area contributed by atoms with Crippen molar-refractivity contribution in [2.24, 2.45) is 0 Å². The molecule has 0 aliphatic rings. The molecule has 0 fully saturated rings. The van der Waals surface area contributed by atoms with Gasteiger partial charge in [-0.25, -0.2) is 0 Å². The number of nitrogens with one attached hydrogen (secondary N) is 1. The van der Waals surface area contributed by atoms with Crippen molar-refractivity contribution in [1.29, 1.82) is 0 Å². The van der Waals surface area contributed by atoms with Crippen LogP contribution in [0.25, 0.3) is 10.9 Å². The van der Waals surface area contributed by atoms with Crippen molar-refractivity contribution in [3.8, 4) is 0 Å². The zero-order chi connectivity index (χ0) is 12.5. The second-order valence-corrected chi connectivity index (χ2v) is 5.63. The number of hydrogen-bond donors (Lipinski definition) is 1. The quantitative estimate of drug-likeness (QED) is 0.880. The molecule has 1 unspecified atom stereocenters. The Balaban J connectivity index is 2.16. The first kappa shape index (κ1) is 12.1. The Hall–Kier alpha value is -1.35. The third-order valence-electron chi connectivity index (χ3n) is 2.85. The van der Waals surface area contributed by atoms with Gasteiger partial charge in [0.1, 0.15) is 0 Å². The van der Waals surface area contributed by atoms with Gasteiger partial charge in [0.2, 0.25) is 0 Å². The van der Waals surface area contributed by atoms with Crippen LogP contribution in [0.15, 0.2) is 30.5 Å². The Morgan fingerprint density at radius 1 is 1.29 bits per heavy atom. The summed E-state index contributed by atoms with van der Waals surface area (Å²) in [6.45, 7) is 9.66. The topological polar surface area (TPSA) is 29.9 Å². The number of benzene rings is 1. The molecular weight excluding hydrogens is 210 g/mol. The lowest BCUT2D eigenvalue weighted by atomic mass is 10.1. The van der Waals surface area contributed by atoms with Gasteiger partial charge in [-0.3, -0.25) is 4.68 Å². The highest BCUT2D eigenvalue weighted by molar-refractivity contribution is 5.78. The van der Waals surface area contributed by atoms with Crippen LogP contribution in [0, 0.1) is 0 Å². The van der Waals surface area contributed by atoms with Crippen LogP contribution in [-0.2, 0) is 0 Å². The number of nitrogens with zero attached hydrogens (tertiary/aromatic N) is 2. The Bertz CT molecular complexity index is 493. The second kappa shape index (κ2) is 4.49.